The lowest BCUT2D eigenvalue weighted by molar-refractivity contribution is 0.0595. The predicted molar refractivity (Wildman–Crippen MR) is 71.5 cm³/mol. The number of rotatable bonds is 5. The topological polar surface area (TPSA) is 70.1 Å². The Morgan fingerprint density at radius 2 is 2.11 bits per heavy atom. The number of ether oxygens (including phenoxy) is 1. The molecular weight excluding hydrogens is 230 g/mol. The van der Waals surface area contributed by atoms with Gasteiger partial charge in [0.15, 0.2) is 5.69 Å². The van der Waals surface area contributed by atoms with Crippen LogP contribution in [0.25, 0.3) is 0 Å². The fraction of sp³-hybridized carbons (Fsp3) is 0.692. The smallest absolute Gasteiger partial charge is 0.360 e. The first-order valence-corrected chi connectivity index (χ1v) is 6.34. The van der Waals surface area contributed by atoms with E-state index in [9.17, 15) is 4.79 Å². The Hall–Kier alpha value is -1.52. The third kappa shape index (κ3) is 2.83. The van der Waals surface area contributed by atoms with Gasteiger partial charge in [0.2, 0.25) is 0 Å². The van der Waals surface area contributed by atoms with E-state index in [-0.39, 0.29) is 11.7 Å². The van der Waals surface area contributed by atoms with Gasteiger partial charge in [0.25, 0.3) is 0 Å². The van der Waals surface area contributed by atoms with Gasteiger partial charge in [-0.3, -0.25) is 0 Å². The lowest BCUT2D eigenvalue weighted by Gasteiger charge is -2.20. The van der Waals surface area contributed by atoms with E-state index < -0.39 is 5.97 Å². The first-order chi connectivity index (χ1) is 8.42. The zero-order chi connectivity index (χ0) is 13.9. The molecule has 2 atom stereocenters. The number of nitrogens with two attached hydrogens (primary N) is 1. The van der Waals surface area contributed by atoms with Gasteiger partial charge in [0.05, 0.1) is 7.11 Å². The van der Waals surface area contributed by atoms with Crippen molar-refractivity contribution in [2.75, 3.05) is 12.8 Å². The second-order valence-electron chi connectivity index (χ2n) is 4.85. The van der Waals surface area contributed by atoms with Crippen molar-refractivity contribution in [2.45, 2.75) is 46.6 Å². The molecular formula is C13H23N3O2. The van der Waals surface area contributed by atoms with Crippen molar-refractivity contribution in [3.05, 3.63) is 11.5 Å². The maximum Gasteiger partial charge on any atom is 0.360 e. The Balaban J connectivity index is 3.02. The molecule has 0 spiro atoms. The first kappa shape index (κ1) is 14.5. The minimum absolute atomic E-state index is 0.214. The van der Waals surface area contributed by atoms with Crippen molar-refractivity contribution in [3.8, 4) is 0 Å². The number of imidazole rings is 1. The largest absolute Gasteiger partial charge is 0.464 e. The molecule has 0 saturated heterocycles. The van der Waals surface area contributed by atoms with Gasteiger partial charge < -0.3 is 15.0 Å². The van der Waals surface area contributed by atoms with Crippen LogP contribution in [0.4, 0.5) is 5.82 Å². The van der Waals surface area contributed by atoms with Gasteiger partial charge >= 0.3 is 5.97 Å². The number of carbonyl (C=O) groups is 1. The maximum atomic E-state index is 11.5. The molecule has 1 aromatic heterocycles. The van der Waals surface area contributed by atoms with Crippen LogP contribution in [0, 0.1) is 12.8 Å². The summed E-state index contributed by atoms with van der Waals surface area (Å²) in [5, 5.41) is 0. The summed E-state index contributed by atoms with van der Waals surface area (Å²) < 4.78 is 6.59. The molecule has 2 N–H and O–H groups in total. The molecule has 0 fully saturated rings. The van der Waals surface area contributed by atoms with E-state index in [1.54, 1.807) is 0 Å². The van der Waals surface area contributed by atoms with Crippen molar-refractivity contribution >= 4 is 11.8 Å². The Morgan fingerprint density at radius 3 is 2.61 bits per heavy atom. The highest BCUT2D eigenvalue weighted by Gasteiger charge is 2.22. The molecule has 0 aliphatic heterocycles. The number of methoxy groups -OCH3 is 1. The Morgan fingerprint density at radius 1 is 1.50 bits per heavy atom. The second kappa shape index (κ2) is 5.89. The molecule has 0 aromatic carbocycles. The average molecular weight is 253 g/mol. The van der Waals surface area contributed by atoms with E-state index in [4.69, 9.17) is 5.73 Å². The van der Waals surface area contributed by atoms with E-state index in [2.05, 4.69) is 30.5 Å². The number of esters is 1. The van der Waals surface area contributed by atoms with Gasteiger partial charge in [0, 0.05) is 6.04 Å². The highest BCUT2D eigenvalue weighted by atomic mass is 16.5. The van der Waals surface area contributed by atoms with E-state index >= 15 is 0 Å². The number of carbonyl (C=O) groups excluding carboxylic acids is 1. The molecule has 0 saturated carbocycles. The Kier molecular flexibility index (Phi) is 4.76. The zero-order valence-corrected chi connectivity index (χ0v) is 11.9. The van der Waals surface area contributed by atoms with Crippen molar-refractivity contribution < 1.29 is 9.53 Å². The van der Waals surface area contributed by atoms with Crippen LogP contribution in [-0.4, -0.2) is 22.6 Å². The summed E-state index contributed by atoms with van der Waals surface area (Å²) in [5.41, 5.74) is 6.21. The molecule has 5 nitrogen and oxygen atoms in total. The normalized spacial score (nSPS) is 14.3. The Labute approximate surface area is 108 Å². The zero-order valence-electron chi connectivity index (χ0n) is 11.9. The number of aryl methyl sites for hydroxylation is 1. The summed E-state index contributed by atoms with van der Waals surface area (Å²) in [4.78, 5) is 15.7. The summed E-state index contributed by atoms with van der Waals surface area (Å²) in [6, 6.07) is 0.228. The van der Waals surface area contributed by atoms with E-state index in [0.717, 1.165) is 18.7 Å². The van der Waals surface area contributed by atoms with Gasteiger partial charge in [-0.25, -0.2) is 9.78 Å². The molecule has 1 heterocycles. The summed E-state index contributed by atoms with van der Waals surface area (Å²) in [7, 11) is 1.33. The van der Waals surface area contributed by atoms with Crippen molar-refractivity contribution in [2.24, 2.45) is 5.92 Å². The van der Waals surface area contributed by atoms with E-state index in [1.807, 2.05) is 11.5 Å². The van der Waals surface area contributed by atoms with Crippen LogP contribution >= 0.6 is 0 Å². The molecule has 2 unspecified atom stereocenters. The highest BCUT2D eigenvalue weighted by Crippen LogP contribution is 2.26. The van der Waals surface area contributed by atoms with E-state index in [1.165, 1.54) is 7.11 Å². The average Bonchev–Trinajstić information content (AvgIpc) is 2.63. The molecule has 0 aliphatic rings. The lowest BCUT2D eigenvalue weighted by Crippen LogP contribution is -2.14. The van der Waals surface area contributed by atoms with Crippen LogP contribution in [0.5, 0.6) is 0 Å². The highest BCUT2D eigenvalue weighted by molar-refractivity contribution is 5.92. The van der Waals surface area contributed by atoms with Gasteiger partial charge in [0.1, 0.15) is 11.6 Å². The van der Waals surface area contributed by atoms with Crippen molar-refractivity contribution in [1.29, 1.82) is 0 Å². The van der Waals surface area contributed by atoms with Crippen LogP contribution in [0.15, 0.2) is 0 Å². The number of hydrogen-bond acceptors (Lipinski definition) is 4. The summed E-state index contributed by atoms with van der Waals surface area (Å²) in [6.45, 7) is 8.33. The fourth-order valence-electron chi connectivity index (χ4n) is 2.22. The van der Waals surface area contributed by atoms with Gasteiger partial charge in [-0.05, 0) is 26.2 Å². The van der Waals surface area contributed by atoms with Crippen LogP contribution in [0.2, 0.25) is 0 Å². The lowest BCUT2D eigenvalue weighted by atomic mass is 10.0. The molecule has 1 aromatic rings. The minimum atomic E-state index is -0.481. The molecule has 1 rings (SSSR count). The van der Waals surface area contributed by atoms with Crippen molar-refractivity contribution in [3.63, 3.8) is 0 Å². The van der Waals surface area contributed by atoms with Crippen LogP contribution < -0.4 is 5.73 Å². The number of aromatic nitrogens is 2. The number of nitrogen functional groups attached to an aromatic ring is 1. The SMILES string of the molecule is CCC(C)CC(C)n1c(C)nc(C(=O)OC)c1N. The van der Waals surface area contributed by atoms with Gasteiger partial charge in [-0.2, -0.15) is 0 Å². The minimum Gasteiger partial charge on any atom is -0.464 e. The number of hydrogen-bond donors (Lipinski definition) is 1. The monoisotopic (exact) mass is 253 g/mol. The second-order valence-corrected chi connectivity index (χ2v) is 4.85. The maximum absolute atomic E-state index is 11.5. The molecule has 0 aliphatic carbocycles. The molecule has 0 radical (unpaired) electrons. The van der Waals surface area contributed by atoms with Crippen LogP contribution in [0.1, 0.15) is 56.0 Å². The van der Waals surface area contributed by atoms with Gasteiger partial charge in [-0.1, -0.05) is 20.3 Å². The standard InChI is InChI=1S/C13H23N3O2/c1-6-8(2)7-9(3)16-10(4)15-11(12(16)14)13(17)18-5/h8-9H,6-7,14H2,1-5H3. The summed E-state index contributed by atoms with van der Waals surface area (Å²) in [6.07, 6.45) is 2.14. The van der Waals surface area contributed by atoms with E-state index in [0.29, 0.717) is 11.7 Å². The molecule has 5 heteroatoms. The molecule has 18 heavy (non-hydrogen) atoms. The third-order valence-electron chi connectivity index (χ3n) is 3.38. The molecule has 0 amide bonds. The summed E-state index contributed by atoms with van der Waals surface area (Å²) in [5.74, 6) is 1.28. The molecule has 102 valence electrons. The third-order valence-corrected chi connectivity index (χ3v) is 3.38. The summed E-state index contributed by atoms with van der Waals surface area (Å²) >= 11 is 0. The quantitative estimate of drug-likeness (QED) is 0.819. The van der Waals surface area contributed by atoms with Gasteiger partial charge in [-0.15, -0.1) is 0 Å². The van der Waals surface area contributed by atoms with Crippen LogP contribution in [0.3, 0.4) is 0 Å². The Bertz CT molecular complexity index is 426. The predicted octanol–water partition coefficient (Wildman–Crippen LogP) is 2.56. The molecule has 0 bridgehead atoms. The fourth-order valence-corrected chi connectivity index (χ4v) is 2.22. The number of nitrogens with zero attached hydrogens (tertiary/aromatic N) is 2. The first-order valence-electron chi connectivity index (χ1n) is 6.34. The number of anilines is 1. The van der Waals surface area contributed by atoms with Crippen LogP contribution in [-0.2, 0) is 4.74 Å². The van der Waals surface area contributed by atoms with Crippen molar-refractivity contribution in [1.82, 2.24) is 9.55 Å².